The molecule has 1 fully saturated rings. The zero-order valence-electron chi connectivity index (χ0n) is 15.7. The molecule has 0 bridgehead atoms. The maximum absolute atomic E-state index is 13.0. The fourth-order valence-electron chi connectivity index (χ4n) is 3.20. The van der Waals surface area contributed by atoms with Crippen molar-refractivity contribution in [1.82, 2.24) is 15.0 Å². The summed E-state index contributed by atoms with van der Waals surface area (Å²) in [4.78, 5) is 25.1. The molecule has 3 aromatic rings. The number of carbonyl (C=O) groups excluding carboxylic acids is 1. The number of hydrogen-bond donors (Lipinski definition) is 2. The average Bonchev–Trinajstić information content (AvgIpc) is 3.38. The Bertz CT molecular complexity index is 1050. The van der Waals surface area contributed by atoms with Crippen LogP contribution in [0.1, 0.15) is 24.6 Å². The van der Waals surface area contributed by atoms with Gasteiger partial charge in [-0.2, -0.15) is 0 Å². The van der Waals surface area contributed by atoms with E-state index in [1.165, 1.54) is 0 Å². The van der Waals surface area contributed by atoms with Gasteiger partial charge in [0.15, 0.2) is 0 Å². The Labute approximate surface area is 161 Å². The highest BCUT2D eigenvalue weighted by molar-refractivity contribution is 5.96. The molecule has 3 heterocycles. The number of pyridine rings is 3. The maximum atomic E-state index is 13.0. The van der Waals surface area contributed by atoms with Gasteiger partial charge in [-0.05, 0) is 44.0 Å². The first kappa shape index (κ1) is 18.4. The van der Waals surface area contributed by atoms with Crippen LogP contribution >= 0.6 is 0 Å². The van der Waals surface area contributed by atoms with Gasteiger partial charge in [-0.25, -0.2) is 9.37 Å². The Kier molecular flexibility index (Phi) is 4.77. The van der Waals surface area contributed by atoms with Gasteiger partial charge in [0.25, 0.3) is 0 Å². The van der Waals surface area contributed by atoms with Gasteiger partial charge in [0.1, 0.15) is 12.0 Å². The quantitative estimate of drug-likeness (QED) is 0.710. The topological polar surface area (TPSA) is 88.0 Å². The minimum Gasteiger partial charge on any atom is -0.393 e. The summed E-state index contributed by atoms with van der Waals surface area (Å²) in [6, 6.07) is 5.61. The lowest BCUT2D eigenvalue weighted by molar-refractivity contribution is -0.117. The summed E-state index contributed by atoms with van der Waals surface area (Å²) in [5.41, 5.74) is 3.55. The molecule has 0 radical (unpaired) electrons. The third-order valence-corrected chi connectivity index (χ3v) is 4.85. The monoisotopic (exact) mass is 380 g/mol. The van der Waals surface area contributed by atoms with Crippen LogP contribution in [0.25, 0.3) is 22.0 Å². The van der Waals surface area contributed by atoms with Crippen LogP contribution in [-0.2, 0) is 11.2 Å². The van der Waals surface area contributed by atoms with Crippen LogP contribution < -0.4 is 5.32 Å². The number of carbonyl (C=O) groups is 1. The van der Waals surface area contributed by atoms with Crippen LogP contribution in [0.3, 0.4) is 0 Å². The van der Waals surface area contributed by atoms with Crippen LogP contribution in [0.4, 0.5) is 10.2 Å². The van der Waals surface area contributed by atoms with Crippen molar-refractivity contribution < 1.29 is 14.3 Å². The Hall–Kier alpha value is -2.93. The molecule has 0 aliphatic heterocycles. The van der Waals surface area contributed by atoms with Gasteiger partial charge in [0.2, 0.25) is 5.91 Å². The minimum atomic E-state index is -1.03. The Morgan fingerprint density at radius 1 is 1.21 bits per heavy atom. The van der Waals surface area contributed by atoms with E-state index in [0.29, 0.717) is 12.2 Å². The van der Waals surface area contributed by atoms with Gasteiger partial charge in [0, 0.05) is 47.0 Å². The number of aryl methyl sites for hydroxylation is 1. The Morgan fingerprint density at radius 3 is 2.61 bits per heavy atom. The number of nitrogens with zero attached hydrogens (tertiary/aromatic N) is 3. The maximum Gasteiger partial charge on any atom is 0.231 e. The Balaban J connectivity index is 1.58. The van der Waals surface area contributed by atoms with Crippen molar-refractivity contribution in [3.05, 3.63) is 48.0 Å². The second-order valence-electron chi connectivity index (χ2n) is 7.38. The predicted octanol–water partition coefficient (Wildman–Crippen LogP) is 3.22. The van der Waals surface area contributed by atoms with E-state index in [9.17, 15) is 14.3 Å². The number of fused-ring (bicyclic) bond motifs is 1. The van der Waals surface area contributed by atoms with E-state index in [1.54, 1.807) is 31.6 Å². The molecule has 0 saturated heterocycles. The third kappa shape index (κ3) is 3.84. The highest BCUT2D eigenvalue weighted by Crippen LogP contribution is 2.34. The average molecular weight is 380 g/mol. The van der Waals surface area contributed by atoms with E-state index in [4.69, 9.17) is 0 Å². The number of rotatable bonds is 5. The summed E-state index contributed by atoms with van der Waals surface area (Å²) in [5, 5.41) is 13.9. The van der Waals surface area contributed by atoms with Gasteiger partial charge >= 0.3 is 0 Å². The standard InChI is InChI=1S/C21H21FN4O2/c1-11-3-15(4-12(2)27)23-10-17(11)19-5-13-9-25-20(6-14(13)8-24-19)26-21(28)16-7-18(16)22/h3,5-6,8-10,12,16,18,27H,4,7H2,1-2H3,(H,25,26,28)/t12-,16-,18+/m0/s1. The summed E-state index contributed by atoms with van der Waals surface area (Å²) in [6.07, 6.45) is 4.48. The van der Waals surface area contributed by atoms with Gasteiger partial charge in [-0.1, -0.05) is 0 Å². The smallest absolute Gasteiger partial charge is 0.231 e. The van der Waals surface area contributed by atoms with Crippen molar-refractivity contribution in [2.24, 2.45) is 5.92 Å². The van der Waals surface area contributed by atoms with Crippen LogP contribution in [0, 0.1) is 12.8 Å². The van der Waals surface area contributed by atoms with E-state index in [2.05, 4.69) is 20.3 Å². The van der Waals surface area contributed by atoms with Crippen LogP contribution in [-0.4, -0.2) is 38.2 Å². The first-order chi connectivity index (χ1) is 13.4. The molecule has 1 saturated carbocycles. The van der Waals surface area contributed by atoms with Crippen LogP contribution in [0.15, 0.2) is 36.8 Å². The predicted molar refractivity (Wildman–Crippen MR) is 105 cm³/mol. The molecule has 1 aliphatic carbocycles. The SMILES string of the molecule is Cc1cc(C[C@H](C)O)ncc1-c1cc2cnc(NC(=O)[C@H]3C[C@H]3F)cc2cn1. The zero-order valence-corrected chi connectivity index (χ0v) is 15.7. The molecule has 2 N–H and O–H groups in total. The number of aliphatic hydroxyl groups is 1. The van der Waals surface area contributed by atoms with E-state index < -0.39 is 18.2 Å². The highest BCUT2D eigenvalue weighted by Gasteiger charge is 2.43. The third-order valence-electron chi connectivity index (χ3n) is 4.85. The van der Waals surface area contributed by atoms with Crippen molar-refractivity contribution in [1.29, 1.82) is 0 Å². The molecule has 1 aliphatic rings. The van der Waals surface area contributed by atoms with Gasteiger partial charge < -0.3 is 10.4 Å². The molecular formula is C21H21FN4O2. The normalized spacial score (nSPS) is 19.4. The fraction of sp³-hybridized carbons (Fsp3) is 0.333. The molecule has 4 rings (SSSR count). The first-order valence-electron chi connectivity index (χ1n) is 9.25. The lowest BCUT2D eigenvalue weighted by Gasteiger charge is -2.10. The molecule has 7 heteroatoms. The van der Waals surface area contributed by atoms with Crippen molar-refractivity contribution >= 4 is 22.5 Å². The number of alkyl halides is 1. The molecule has 1 amide bonds. The number of nitrogens with one attached hydrogen (secondary N) is 1. The van der Waals surface area contributed by atoms with E-state index >= 15 is 0 Å². The molecule has 144 valence electrons. The molecule has 28 heavy (non-hydrogen) atoms. The lowest BCUT2D eigenvalue weighted by atomic mass is 10.0. The van der Waals surface area contributed by atoms with Gasteiger partial charge in [0.05, 0.1) is 17.7 Å². The molecular weight excluding hydrogens is 359 g/mol. The summed E-state index contributed by atoms with van der Waals surface area (Å²) in [7, 11) is 0. The Morgan fingerprint density at radius 2 is 1.93 bits per heavy atom. The van der Waals surface area contributed by atoms with Crippen LogP contribution in [0.5, 0.6) is 0 Å². The van der Waals surface area contributed by atoms with E-state index in [0.717, 1.165) is 33.3 Å². The molecule has 3 atom stereocenters. The molecule has 0 unspecified atom stereocenters. The number of aromatic nitrogens is 3. The first-order valence-corrected chi connectivity index (χ1v) is 9.25. The summed E-state index contributed by atoms with van der Waals surface area (Å²) < 4.78 is 13.0. The molecule has 0 spiro atoms. The minimum absolute atomic E-state index is 0.285. The van der Waals surface area contributed by atoms with Crippen molar-refractivity contribution in [2.45, 2.75) is 39.0 Å². The molecule has 0 aromatic carbocycles. The zero-order chi connectivity index (χ0) is 19.8. The number of amides is 1. The second kappa shape index (κ2) is 7.24. The van der Waals surface area contributed by atoms with E-state index in [-0.39, 0.29) is 12.3 Å². The largest absolute Gasteiger partial charge is 0.393 e. The summed E-state index contributed by atoms with van der Waals surface area (Å²) >= 11 is 0. The summed E-state index contributed by atoms with van der Waals surface area (Å²) in [6.45, 7) is 3.72. The number of anilines is 1. The van der Waals surface area contributed by atoms with Crippen LogP contribution in [0.2, 0.25) is 0 Å². The highest BCUT2D eigenvalue weighted by atomic mass is 19.1. The van der Waals surface area contributed by atoms with Crippen molar-refractivity contribution in [2.75, 3.05) is 5.32 Å². The number of halogens is 1. The number of hydrogen-bond acceptors (Lipinski definition) is 5. The number of aliphatic hydroxyl groups excluding tert-OH is 1. The molecule has 3 aromatic heterocycles. The van der Waals surface area contributed by atoms with Gasteiger partial charge in [-0.15, -0.1) is 0 Å². The lowest BCUT2D eigenvalue weighted by Crippen LogP contribution is -2.15. The van der Waals surface area contributed by atoms with Crippen molar-refractivity contribution in [3.8, 4) is 11.3 Å². The second-order valence-corrected chi connectivity index (χ2v) is 7.38. The van der Waals surface area contributed by atoms with Gasteiger partial charge in [-0.3, -0.25) is 14.8 Å². The molecule has 6 nitrogen and oxygen atoms in total. The van der Waals surface area contributed by atoms with Crippen molar-refractivity contribution in [3.63, 3.8) is 0 Å². The fourth-order valence-corrected chi connectivity index (χ4v) is 3.20. The summed E-state index contributed by atoms with van der Waals surface area (Å²) in [5.74, 6) is -0.486. The van der Waals surface area contributed by atoms with E-state index in [1.807, 2.05) is 19.1 Å².